The van der Waals surface area contributed by atoms with E-state index in [1.807, 2.05) is 0 Å². The lowest BCUT2D eigenvalue weighted by Gasteiger charge is -2.09. The number of H-pyrrole nitrogens is 1. The monoisotopic (exact) mass is 254 g/mol. The van der Waals surface area contributed by atoms with Crippen molar-refractivity contribution in [1.29, 1.82) is 0 Å². The highest BCUT2D eigenvalue weighted by atomic mass is 19.4. The Morgan fingerprint density at radius 1 is 1.33 bits per heavy atom. The predicted molar refractivity (Wildman–Crippen MR) is 62.1 cm³/mol. The lowest BCUT2D eigenvalue weighted by molar-refractivity contribution is -0.137. The third kappa shape index (κ3) is 2.01. The zero-order valence-corrected chi connectivity index (χ0v) is 9.43. The second-order valence-corrected chi connectivity index (χ2v) is 3.94. The Hall–Kier alpha value is -2.11. The summed E-state index contributed by atoms with van der Waals surface area (Å²) in [7, 11) is 0. The van der Waals surface area contributed by atoms with Crippen LogP contribution >= 0.6 is 0 Å². The van der Waals surface area contributed by atoms with Crippen molar-refractivity contribution in [1.82, 2.24) is 10.2 Å². The molecule has 0 aliphatic carbocycles. The number of allylic oxidation sites excluding steroid dienone is 1. The molecule has 0 amide bonds. The molecule has 1 aromatic heterocycles. The van der Waals surface area contributed by atoms with Crippen molar-refractivity contribution in [3.05, 3.63) is 46.4 Å². The Labute approximate surface area is 99.9 Å². The Kier molecular flexibility index (Phi) is 2.73. The molecule has 94 valence electrons. The van der Waals surface area contributed by atoms with E-state index in [1.54, 1.807) is 6.92 Å². The molecule has 0 bridgehead atoms. The first kappa shape index (κ1) is 12.3. The minimum absolute atomic E-state index is 0.154. The molecule has 0 aliphatic heterocycles. The van der Waals surface area contributed by atoms with Gasteiger partial charge in [0.25, 0.3) is 5.56 Å². The van der Waals surface area contributed by atoms with E-state index in [2.05, 4.69) is 16.8 Å². The summed E-state index contributed by atoms with van der Waals surface area (Å²) in [6.07, 6.45) is -4.46. The summed E-state index contributed by atoms with van der Waals surface area (Å²) in [5.74, 6) is 0. The van der Waals surface area contributed by atoms with Gasteiger partial charge in [0.05, 0.1) is 16.6 Å². The first-order valence-corrected chi connectivity index (χ1v) is 5.06. The lowest BCUT2D eigenvalue weighted by Crippen LogP contribution is -2.12. The van der Waals surface area contributed by atoms with Crippen LogP contribution in [0, 0.1) is 0 Å². The maximum Gasteiger partial charge on any atom is 0.416 e. The molecular formula is C12H9F3N2O. The van der Waals surface area contributed by atoms with Gasteiger partial charge in [-0.3, -0.25) is 4.79 Å². The van der Waals surface area contributed by atoms with E-state index >= 15 is 0 Å². The number of nitrogens with one attached hydrogen (secondary N) is 1. The smallest absolute Gasteiger partial charge is 0.267 e. The van der Waals surface area contributed by atoms with Gasteiger partial charge in [-0.05, 0) is 30.7 Å². The topological polar surface area (TPSA) is 45.8 Å². The van der Waals surface area contributed by atoms with Gasteiger partial charge in [0.2, 0.25) is 0 Å². The fourth-order valence-electron chi connectivity index (χ4n) is 1.67. The van der Waals surface area contributed by atoms with Gasteiger partial charge in [-0.15, -0.1) is 0 Å². The number of alkyl halides is 3. The fraction of sp³-hybridized carbons (Fsp3) is 0.167. The molecule has 0 radical (unpaired) electrons. The van der Waals surface area contributed by atoms with E-state index in [-0.39, 0.29) is 16.5 Å². The zero-order valence-electron chi connectivity index (χ0n) is 9.43. The Morgan fingerprint density at radius 2 is 2.00 bits per heavy atom. The summed E-state index contributed by atoms with van der Waals surface area (Å²) in [4.78, 5) is 11.5. The summed E-state index contributed by atoms with van der Waals surface area (Å²) < 4.78 is 37.9. The van der Waals surface area contributed by atoms with Gasteiger partial charge in [-0.2, -0.15) is 18.3 Å². The number of halogens is 3. The summed E-state index contributed by atoms with van der Waals surface area (Å²) in [6, 6.07) is 2.94. The zero-order chi connectivity index (χ0) is 13.5. The molecule has 0 spiro atoms. The van der Waals surface area contributed by atoms with E-state index in [0.29, 0.717) is 5.57 Å². The van der Waals surface area contributed by atoms with Crippen molar-refractivity contribution in [2.24, 2.45) is 0 Å². The number of hydrogen-bond acceptors (Lipinski definition) is 2. The Balaban J connectivity index is 2.86. The van der Waals surface area contributed by atoms with E-state index in [4.69, 9.17) is 0 Å². The van der Waals surface area contributed by atoms with Gasteiger partial charge < -0.3 is 0 Å². The molecule has 2 aromatic rings. The third-order valence-corrected chi connectivity index (χ3v) is 2.52. The standard InChI is InChI=1S/C12H9F3N2O/c1-6(2)10-9-5-7(12(13,14)15)3-4-8(9)11(18)17-16-10/h3-5H,1H2,2H3,(H,17,18). The summed E-state index contributed by atoms with van der Waals surface area (Å²) in [5.41, 5.74) is -0.597. The quantitative estimate of drug-likeness (QED) is 0.850. The largest absolute Gasteiger partial charge is 0.416 e. The van der Waals surface area contributed by atoms with Gasteiger partial charge in [0, 0.05) is 5.39 Å². The number of benzene rings is 1. The first-order valence-electron chi connectivity index (χ1n) is 5.06. The summed E-state index contributed by atoms with van der Waals surface area (Å²) >= 11 is 0. The van der Waals surface area contributed by atoms with Crippen molar-refractivity contribution >= 4 is 16.3 Å². The third-order valence-electron chi connectivity index (χ3n) is 2.52. The minimum Gasteiger partial charge on any atom is -0.267 e. The molecule has 0 saturated heterocycles. The summed E-state index contributed by atoms with van der Waals surface area (Å²) in [6.45, 7) is 5.24. The molecule has 3 nitrogen and oxygen atoms in total. The van der Waals surface area contributed by atoms with E-state index in [9.17, 15) is 18.0 Å². The average molecular weight is 254 g/mol. The second kappa shape index (κ2) is 3.97. The van der Waals surface area contributed by atoms with E-state index < -0.39 is 17.3 Å². The molecule has 18 heavy (non-hydrogen) atoms. The molecule has 0 saturated carbocycles. The van der Waals surface area contributed by atoms with Crippen molar-refractivity contribution in [2.75, 3.05) is 0 Å². The van der Waals surface area contributed by atoms with Crippen LogP contribution in [0.15, 0.2) is 29.6 Å². The normalized spacial score (nSPS) is 11.8. The second-order valence-electron chi connectivity index (χ2n) is 3.94. The maximum absolute atomic E-state index is 12.6. The number of aromatic amines is 1. The molecule has 1 aromatic carbocycles. The van der Waals surface area contributed by atoms with Gasteiger partial charge in [-0.25, -0.2) is 5.10 Å². The van der Waals surface area contributed by atoms with Crippen molar-refractivity contribution < 1.29 is 13.2 Å². The molecule has 1 N–H and O–H groups in total. The number of hydrogen-bond donors (Lipinski definition) is 1. The van der Waals surface area contributed by atoms with E-state index in [0.717, 1.165) is 18.2 Å². The fourth-order valence-corrected chi connectivity index (χ4v) is 1.67. The SMILES string of the molecule is C=C(C)c1n[nH]c(=O)c2ccc(C(F)(F)F)cc12. The number of rotatable bonds is 1. The van der Waals surface area contributed by atoms with Gasteiger partial charge >= 0.3 is 6.18 Å². The predicted octanol–water partition coefficient (Wildman–Crippen LogP) is 2.98. The first-order chi connectivity index (χ1) is 8.30. The van der Waals surface area contributed by atoms with Gasteiger partial charge in [0.1, 0.15) is 0 Å². The van der Waals surface area contributed by atoms with Crippen LogP contribution in [0.25, 0.3) is 16.3 Å². The highest BCUT2D eigenvalue weighted by molar-refractivity contribution is 5.91. The Bertz CT molecular complexity index is 686. The molecule has 0 unspecified atom stereocenters. The molecule has 2 rings (SSSR count). The number of nitrogens with zero attached hydrogens (tertiary/aromatic N) is 1. The minimum atomic E-state index is -4.46. The van der Waals surface area contributed by atoms with Crippen LogP contribution < -0.4 is 5.56 Å². The molecule has 0 fully saturated rings. The van der Waals surface area contributed by atoms with Crippen LogP contribution in [0.5, 0.6) is 0 Å². The average Bonchev–Trinajstić information content (AvgIpc) is 2.27. The van der Waals surface area contributed by atoms with E-state index in [1.165, 1.54) is 0 Å². The molecule has 1 heterocycles. The van der Waals surface area contributed by atoms with Crippen molar-refractivity contribution in [3.63, 3.8) is 0 Å². The highest BCUT2D eigenvalue weighted by Gasteiger charge is 2.30. The van der Waals surface area contributed by atoms with Crippen molar-refractivity contribution in [3.8, 4) is 0 Å². The molecule has 0 atom stereocenters. The van der Waals surface area contributed by atoms with Crippen LogP contribution in [0.3, 0.4) is 0 Å². The molecule has 6 heteroatoms. The van der Waals surface area contributed by atoms with Gasteiger partial charge in [0.15, 0.2) is 0 Å². The highest BCUT2D eigenvalue weighted by Crippen LogP contribution is 2.32. The molecule has 0 aliphatic rings. The lowest BCUT2D eigenvalue weighted by atomic mass is 10.0. The molecular weight excluding hydrogens is 245 g/mol. The Morgan fingerprint density at radius 3 is 2.56 bits per heavy atom. The van der Waals surface area contributed by atoms with Crippen LogP contribution in [-0.4, -0.2) is 10.2 Å². The van der Waals surface area contributed by atoms with Crippen LogP contribution in [0.2, 0.25) is 0 Å². The van der Waals surface area contributed by atoms with Gasteiger partial charge in [-0.1, -0.05) is 6.58 Å². The maximum atomic E-state index is 12.6. The summed E-state index contributed by atoms with van der Waals surface area (Å²) in [5, 5.41) is 6.28. The number of fused-ring (bicyclic) bond motifs is 1. The van der Waals surface area contributed by atoms with Crippen LogP contribution in [0.4, 0.5) is 13.2 Å². The van der Waals surface area contributed by atoms with Crippen molar-refractivity contribution in [2.45, 2.75) is 13.1 Å². The number of aromatic nitrogens is 2. The van der Waals surface area contributed by atoms with Crippen LogP contribution in [0.1, 0.15) is 18.2 Å². The van der Waals surface area contributed by atoms with Crippen LogP contribution in [-0.2, 0) is 6.18 Å².